The van der Waals surface area contributed by atoms with Crippen LogP contribution in [0.1, 0.15) is 55.3 Å². The van der Waals surface area contributed by atoms with Gasteiger partial charge in [-0.25, -0.2) is 0 Å². The Balaban J connectivity index is 1.42. The third-order valence-electron chi connectivity index (χ3n) is 6.30. The number of nitrogens with one attached hydrogen (secondary N) is 2. The van der Waals surface area contributed by atoms with Gasteiger partial charge in [0.05, 0.1) is 0 Å². The number of amides is 2. The molecule has 4 atom stereocenters. The molecule has 2 N–H and O–H groups in total. The van der Waals surface area contributed by atoms with Gasteiger partial charge in [0.1, 0.15) is 0 Å². The van der Waals surface area contributed by atoms with Gasteiger partial charge < -0.3 is 10.6 Å². The number of alkyl halides is 1. The molecule has 0 heterocycles. The van der Waals surface area contributed by atoms with Gasteiger partial charge in [-0.3, -0.25) is 9.59 Å². The normalized spacial score (nSPS) is 35.4. The third kappa shape index (κ3) is 3.35. The zero-order valence-electron chi connectivity index (χ0n) is 14.6. The number of carbonyl (C=O) groups excluding carboxylic acids is 2. The van der Waals surface area contributed by atoms with Gasteiger partial charge in [0, 0.05) is 29.0 Å². The van der Waals surface area contributed by atoms with Crippen LogP contribution in [0, 0.1) is 17.3 Å². The summed E-state index contributed by atoms with van der Waals surface area (Å²) in [6, 6.07) is 7.08. The van der Waals surface area contributed by atoms with E-state index in [4.69, 9.17) is 0 Å². The Hall–Kier alpha value is -1.36. The monoisotopic (exact) mass is 404 g/mol. The number of halogens is 1. The Morgan fingerprint density at radius 1 is 1.12 bits per heavy atom. The Morgan fingerprint density at radius 3 is 2.32 bits per heavy atom. The van der Waals surface area contributed by atoms with Gasteiger partial charge in [-0.05, 0) is 80.0 Å². The van der Waals surface area contributed by atoms with E-state index in [1.165, 1.54) is 32.1 Å². The lowest BCUT2D eigenvalue weighted by Gasteiger charge is -2.60. The van der Waals surface area contributed by atoms with Crippen LogP contribution in [-0.2, 0) is 4.79 Å². The number of hydrogen-bond acceptors (Lipinski definition) is 2. The predicted octanol–water partition coefficient (Wildman–Crippen LogP) is 4.11. The van der Waals surface area contributed by atoms with Crippen LogP contribution in [0.3, 0.4) is 0 Å². The van der Waals surface area contributed by atoms with Gasteiger partial charge >= 0.3 is 0 Å². The van der Waals surface area contributed by atoms with Crippen molar-refractivity contribution in [2.24, 2.45) is 17.3 Å². The summed E-state index contributed by atoms with van der Waals surface area (Å²) in [4.78, 5) is 24.3. The minimum absolute atomic E-state index is 0.103. The van der Waals surface area contributed by atoms with Crippen LogP contribution < -0.4 is 10.6 Å². The second kappa shape index (κ2) is 6.11. The summed E-state index contributed by atoms with van der Waals surface area (Å²) in [6.45, 7) is 0. The van der Waals surface area contributed by atoms with E-state index in [-0.39, 0.29) is 21.6 Å². The van der Waals surface area contributed by atoms with E-state index in [0.717, 1.165) is 23.9 Å². The highest BCUT2D eigenvalue weighted by Gasteiger charge is 2.57. The maximum atomic E-state index is 12.7. The molecule has 0 radical (unpaired) electrons. The fourth-order valence-corrected chi connectivity index (χ4v) is 7.45. The lowest BCUT2D eigenvalue weighted by molar-refractivity contribution is -0.123. The van der Waals surface area contributed by atoms with Crippen molar-refractivity contribution in [2.45, 2.75) is 49.3 Å². The molecule has 1 aromatic carbocycles. The van der Waals surface area contributed by atoms with Crippen molar-refractivity contribution in [3.05, 3.63) is 29.8 Å². The van der Waals surface area contributed by atoms with E-state index in [2.05, 4.69) is 26.6 Å². The molecule has 0 aliphatic heterocycles. The van der Waals surface area contributed by atoms with Gasteiger partial charge in [-0.1, -0.05) is 15.9 Å². The van der Waals surface area contributed by atoms with Crippen LogP contribution in [0.5, 0.6) is 0 Å². The highest BCUT2D eigenvalue weighted by Crippen LogP contribution is 2.65. The molecule has 25 heavy (non-hydrogen) atoms. The number of rotatable bonds is 4. The van der Waals surface area contributed by atoms with Crippen molar-refractivity contribution in [1.29, 1.82) is 0 Å². The molecular formula is C20H25BrN2O2. The Kier molecular flexibility index (Phi) is 4.18. The van der Waals surface area contributed by atoms with Crippen molar-refractivity contribution in [3.63, 3.8) is 0 Å². The van der Waals surface area contributed by atoms with Crippen LogP contribution in [0.4, 0.5) is 5.69 Å². The largest absolute Gasteiger partial charge is 0.355 e. The quantitative estimate of drug-likeness (QED) is 0.741. The van der Waals surface area contributed by atoms with Crippen molar-refractivity contribution >= 4 is 33.4 Å². The van der Waals surface area contributed by atoms with Gasteiger partial charge in [0.2, 0.25) is 5.91 Å². The average Bonchev–Trinajstić information content (AvgIpc) is 2.51. The van der Waals surface area contributed by atoms with Crippen LogP contribution >= 0.6 is 15.9 Å². The van der Waals surface area contributed by atoms with Crippen molar-refractivity contribution in [1.82, 2.24) is 5.32 Å². The first-order valence-electron chi connectivity index (χ1n) is 9.20. The van der Waals surface area contributed by atoms with Gasteiger partial charge in [0.25, 0.3) is 5.91 Å². The van der Waals surface area contributed by atoms with E-state index in [9.17, 15) is 9.59 Å². The highest BCUT2D eigenvalue weighted by atomic mass is 79.9. The van der Waals surface area contributed by atoms with E-state index in [1.807, 2.05) is 0 Å². The first kappa shape index (κ1) is 17.1. The summed E-state index contributed by atoms with van der Waals surface area (Å²) in [6.07, 6.45) is 8.10. The molecule has 4 bridgehead atoms. The Bertz CT molecular complexity index is 686. The molecule has 2 unspecified atom stereocenters. The van der Waals surface area contributed by atoms with Gasteiger partial charge in [-0.15, -0.1) is 0 Å². The maximum Gasteiger partial charge on any atom is 0.251 e. The molecule has 4 aliphatic carbocycles. The third-order valence-corrected chi connectivity index (χ3v) is 7.23. The van der Waals surface area contributed by atoms with Crippen molar-refractivity contribution < 1.29 is 9.59 Å². The standard InChI is InChI=1S/C20H25BrN2O2/c1-22-18(25)15-2-4-16(5-3-15)23-17(24)11-19-7-13-6-14(8-19)10-20(21,9-13)12-19/h2-5,13-14H,6-12H2,1H3,(H,22,25)(H,23,24)/t13-,14+,19?,20?. The van der Waals surface area contributed by atoms with Crippen LogP contribution in [0.25, 0.3) is 0 Å². The van der Waals surface area contributed by atoms with E-state index >= 15 is 0 Å². The molecule has 0 aromatic heterocycles. The summed E-state index contributed by atoms with van der Waals surface area (Å²) in [5, 5.41) is 5.63. The molecule has 1 aromatic rings. The smallest absolute Gasteiger partial charge is 0.251 e. The molecule has 0 spiro atoms. The first-order chi connectivity index (χ1) is 11.9. The zero-order valence-corrected chi connectivity index (χ0v) is 16.2. The molecule has 4 saturated carbocycles. The van der Waals surface area contributed by atoms with E-state index in [1.54, 1.807) is 31.3 Å². The second-order valence-electron chi connectivity index (χ2n) is 8.49. The molecule has 2 amide bonds. The van der Waals surface area contributed by atoms with Crippen molar-refractivity contribution in [2.75, 3.05) is 12.4 Å². The lowest BCUT2D eigenvalue weighted by atomic mass is 9.48. The number of benzene rings is 1. The molecule has 0 saturated heterocycles. The average molecular weight is 405 g/mol. The van der Waals surface area contributed by atoms with Crippen molar-refractivity contribution in [3.8, 4) is 0 Å². The van der Waals surface area contributed by atoms with Gasteiger partial charge in [-0.2, -0.15) is 0 Å². The summed E-state index contributed by atoms with van der Waals surface area (Å²) in [7, 11) is 1.61. The molecule has 4 fully saturated rings. The fraction of sp³-hybridized carbons (Fsp3) is 0.600. The predicted molar refractivity (Wildman–Crippen MR) is 102 cm³/mol. The highest BCUT2D eigenvalue weighted by molar-refractivity contribution is 9.10. The summed E-state index contributed by atoms with van der Waals surface area (Å²) >= 11 is 4.01. The molecule has 4 aliphatic rings. The minimum atomic E-state index is -0.117. The summed E-state index contributed by atoms with van der Waals surface area (Å²) < 4.78 is 0.284. The van der Waals surface area contributed by atoms with E-state index < -0.39 is 0 Å². The van der Waals surface area contributed by atoms with E-state index in [0.29, 0.717) is 12.0 Å². The zero-order chi connectivity index (χ0) is 17.7. The summed E-state index contributed by atoms with van der Waals surface area (Å²) in [5.41, 5.74) is 1.54. The number of anilines is 1. The maximum absolute atomic E-state index is 12.7. The minimum Gasteiger partial charge on any atom is -0.355 e. The van der Waals surface area contributed by atoms with Crippen LogP contribution in [-0.4, -0.2) is 23.2 Å². The fourth-order valence-electron chi connectivity index (χ4n) is 5.94. The second-order valence-corrected chi connectivity index (χ2v) is 10.2. The first-order valence-corrected chi connectivity index (χ1v) is 9.99. The SMILES string of the molecule is CNC(=O)c1ccc(NC(=O)CC23C[C@@H]4C[C@@H](CC(Br)(C4)C2)C3)cc1. The summed E-state index contributed by atoms with van der Waals surface area (Å²) in [5.74, 6) is 1.57. The Morgan fingerprint density at radius 2 is 1.76 bits per heavy atom. The molecule has 134 valence electrons. The Labute approximate surface area is 157 Å². The topological polar surface area (TPSA) is 58.2 Å². The van der Waals surface area contributed by atoms with Gasteiger partial charge in [0.15, 0.2) is 0 Å². The number of hydrogen-bond donors (Lipinski definition) is 2. The number of carbonyl (C=O) groups is 2. The van der Waals surface area contributed by atoms with Crippen LogP contribution in [0.2, 0.25) is 0 Å². The molecule has 4 nitrogen and oxygen atoms in total. The van der Waals surface area contributed by atoms with Crippen LogP contribution in [0.15, 0.2) is 24.3 Å². The molecular weight excluding hydrogens is 380 g/mol. The molecule has 5 heteroatoms. The molecule has 5 rings (SSSR count). The lowest BCUT2D eigenvalue weighted by Crippen LogP contribution is -2.53.